The number of rotatable bonds is 5. The zero-order chi connectivity index (χ0) is 12.7. The minimum Gasteiger partial charge on any atom is -0.493 e. The third-order valence-electron chi connectivity index (χ3n) is 1.89. The van der Waals surface area contributed by atoms with Crippen molar-refractivity contribution in [2.45, 2.75) is 0 Å². The molecule has 0 amide bonds. The van der Waals surface area contributed by atoms with Crippen LogP contribution in [0.5, 0.6) is 11.5 Å². The van der Waals surface area contributed by atoms with E-state index in [2.05, 4.69) is 5.92 Å². The minimum atomic E-state index is -0.533. The van der Waals surface area contributed by atoms with Crippen molar-refractivity contribution < 1.29 is 14.4 Å². The lowest BCUT2D eigenvalue weighted by Gasteiger charge is -2.08. The van der Waals surface area contributed by atoms with E-state index in [0.29, 0.717) is 17.1 Å². The summed E-state index contributed by atoms with van der Waals surface area (Å²) in [7, 11) is 1.49. The van der Waals surface area contributed by atoms with Gasteiger partial charge >= 0.3 is 0 Å². The Labute approximate surface area is 98.8 Å². The monoisotopic (exact) mass is 233 g/mol. The molecule has 0 bridgehead atoms. The largest absolute Gasteiger partial charge is 0.493 e. The molecule has 0 aliphatic carbocycles. The van der Waals surface area contributed by atoms with Crippen LogP contribution in [0.15, 0.2) is 24.4 Å². The van der Waals surface area contributed by atoms with Gasteiger partial charge in [-0.05, 0) is 17.7 Å². The maximum Gasteiger partial charge on any atom is 0.235 e. The van der Waals surface area contributed by atoms with Crippen LogP contribution >= 0.6 is 0 Å². The fraction of sp³-hybridized carbons (Fsp3) is 0.167. The maximum absolute atomic E-state index is 10.2. The second-order valence-electron chi connectivity index (χ2n) is 3.00. The van der Waals surface area contributed by atoms with Crippen LogP contribution in [-0.2, 0) is 0 Å². The molecule has 1 rings (SSSR count). The second-order valence-corrected chi connectivity index (χ2v) is 3.00. The molecule has 1 aromatic carbocycles. The van der Waals surface area contributed by atoms with E-state index >= 15 is 0 Å². The van der Waals surface area contributed by atoms with Gasteiger partial charge in [-0.15, -0.1) is 6.42 Å². The van der Waals surface area contributed by atoms with Crippen LogP contribution in [0.25, 0.3) is 6.08 Å². The van der Waals surface area contributed by atoms with Crippen LogP contribution in [0, 0.1) is 22.5 Å². The summed E-state index contributed by atoms with van der Waals surface area (Å²) in [6.45, 7) is 0.139. The molecule has 0 heterocycles. The third kappa shape index (κ3) is 3.87. The molecule has 0 N–H and O–H groups in total. The number of ether oxygens (including phenoxy) is 2. The average Bonchev–Trinajstić information content (AvgIpc) is 2.34. The van der Waals surface area contributed by atoms with Crippen molar-refractivity contribution in [3.8, 4) is 23.8 Å². The first-order valence-electron chi connectivity index (χ1n) is 4.73. The number of nitrogens with zero attached hydrogens (tertiary/aromatic N) is 1. The molecule has 5 nitrogen and oxygen atoms in total. The van der Waals surface area contributed by atoms with Crippen LogP contribution < -0.4 is 9.47 Å². The summed E-state index contributed by atoms with van der Waals surface area (Å²) >= 11 is 0. The van der Waals surface area contributed by atoms with Gasteiger partial charge in [0.25, 0.3) is 0 Å². The molecular formula is C12H11NO4. The fourth-order valence-corrected chi connectivity index (χ4v) is 1.17. The first-order valence-corrected chi connectivity index (χ1v) is 4.73. The van der Waals surface area contributed by atoms with Crippen molar-refractivity contribution in [1.29, 1.82) is 0 Å². The molecule has 0 unspecified atom stereocenters. The van der Waals surface area contributed by atoms with Gasteiger partial charge in [0, 0.05) is 6.08 Å². The van der Waals surface area contributed by atoms with Crippen LogP contribution in [-0.4, -0.2) is 18.6 Å². The molecule has 0 fully saturated rings. The lowest BCUT2D eigenvalue weighted by atomic mass is 10.2. The van der Waals surface area contributed by atoms with Crippen LogP contribution in [0.3, 0.4) is 0 Å². The number of hydrogen-bond acceptors (Lipinski definition) is 4. The molecule has 0 spiro atoms. The van der Waals surface area contributed by atoms with Crippen LogP contribution in [0.1, 0.15) is 5.56 Å². The highest BCUT2D eigenvalue weighted by atomic mass is 16.6. The molecule has 5 heteroatoms. The highest BCUT2D eigenvalue weighted by Gasteiger charge is 2.04. The molecule has 0 radical (unpaired) electrons. The fourth-order valence-electron chi connectivity index (χ4n) is 1.17. The summed E-state index contributed by atoms with van der Waals surface area (Å²) in [5.41, 5.74) is 0.645. The zero-order valence-corrected chi connectivity index (χ0v) is 9.25. The van der Waals surface area contributed by atoms with Crippen molar-refractivity contribution >= 4 is 6.08 Å². The van der Waals surface area contributed by atoms with E-state index in [0.717, 1.165) is 6.20 Å². The molecule has 0 saturated heterocycles. The summed E-state index contributed by atoms with van der Waals surface area (Å²) < 4.78 is 10.3. The molecule has 88 valence electrons. The van der Waals surface area contributed by atoms with E-state index in [1.54, 1.807) is 18.2 Å². The molecule has 0 aromatic heterocycles. The standard InChI is InChI=1S/C12H11NO4/c1-3-8-17-11-5-4-10(6-7-13(14)15)9-12(11)16-2/h1,4-7,9H,8H2,2H3/b7-6+. The first kappa shape index (κ1) is 12.6. The average molecular weight is 233 g/mol. The number of nitro groups is 1. The molecule has 0 aliphatic heterocycles. The van der Waals surface area contributed by atoms with Crippen LogP contribution in [0.2, 0.25) is 0 Å². The van der Waals surface area contributed by atoms with E-state index < -0.39 is 4.92 Å². The van der Waals surface area contributed by atoms with Gasteiger partial charge in [-0.1, -0.05) is 12.0 Å². The molecule has 0 saturated carbocycles. The Morgan fingerprint density at radius 1 is 1.53 bits per heavy atom. The van der Waals surface area contributed by atoms with E-state index in [9.17, 15) is 10.1 Å². The molecule has 0 aliphatic rings. The zero-order valence-electron chi connectivity index (χ0n) is 9.25. The van der Waals surface area contributed by atoms with Crippen molar-refractivity contribution in [2.75, 3.05) is 13.7 Å². The first-order chi connectivity index (χ1) is 8.17. The van der Waals surface area contributed by atoms with Gasteiger partial charge in [0.2, 0.25) is 6.20 Å². The van der Waals surface area contributed by atoms with E-state index in [4.69, 9.17) is 15.9 Å². The summed E-state index contributed by atoms with van der Waals surface area (Å²) in [5, 5.41) is 10.2. The lowest BCUT2D eigenvalue weighted by molar-refractivity contribution is -0.400. The van der Waals surface area contributed by atoms with Crippen molar-refractivity contribution in [3.05, 3.63) is 40.1 Å². The predicted molar refractivity (Wildman–Crippen MR) is 63.4 cm³/mol. The highest BCUT2D eigenvalue weighted by Crippen LogP contribution is 2.28. The van der Waals surface area contributed by atoms with Gasteiger partial charge < -0.3 is 9.47 Å². The third-order valence-corrected chi connectivity index (χ3v) is 1.89. The SMILES string of the molecule is C#CCOc1ccc(/C=C/[N+](=O)[O-])cc1OC. The Morgan fingerprint density at radius 3 is 2.88 bits per heavy atom. The van der Waals surface area contributed by atoms with Crippen molar-refractivity contribution in [3.63, 3.8) is 0 Å². The minimum absolute atomic E-state index is 0.139. The van der Waals surface area contributed by atoms with Crippen molar-refractivity contribution in [1.82, 2.24) is 0 Å². The number of benzene rings is 1. The molecule has 1 aromatic rings. The summed E-state index contributed by atoms with van der Waals surface area (Å²) in [4.78, 5) is 9.64. The lowest BCUT2D eigenvalue weighted by Crippen LogP contribution is -1.96. The molecule has 17 heavy (non-hydrogen) atoms. The highest BCUT2D eigenvalue weighted by molar-refractivity contribution is 5.55. The number of methoxy groups -OCH3 is 1. The van der Waals surface area contributed by atoms with Gasteiger partial charge in [0.05, 0.1) is 12.0 Å². The van der Waals surface area contributed by atoms with Gasteiger partial charge in [-0.25, -0.2) is 0 Å². The Morgan fingerprint density at radius 2 is 2.29 bits per heavy atom. The summed E-state index contributed by atoms with van der Waals surface area (Å²) in [6.07, 6.45) is 7.30. The normalized spacial score (nSPS) is 9.88. The Kier molecular flexibility index (Phi) is 4.58. The number of hydrogen-bond donors (Lipinski definition) is 0. The topological polar surface area (TPSA) is 61.6 Å². The van der Waals surface area contributed by atoms with Gasteiger partial charge in [0.15, 0.2) is 11.5 Å². The molecular weight excluding hydrogens is 222 g/mol. The maximum atomic E-state index is 10.2. The summed E-state index contributed by atoms with van der Waals surface area (Å²) in [5.74, 6) is 3.32. The smallest absolute Gasteiger partial charge is 0.235 e. The van der Waals surface area contributed by atoms with Gasteiger partial charge in [-0.3, -0.25) is 10.1 Å². The Bertz CT molecular complexity index is 474. The Hall–Kier alpha value is -2.48. The second kappa shape index (κ2) is 6.18. The molecule has 0 atom stereocenters. The number of terminal acetylenes is 1. The Balaban J connectivity index is 2.92. The predicted octanol–water partition coefficient (Wildman–Crippen LogP) is 1.95. The van der Waals surface area contributed by atoms with E-state index in [-0.39, 0.29) is 6.61 Å². The van der Waals surface area contributed by atoms with Gasteiger partial charge in [-0.2, -0.15) is 0 Å². The van der Waals surface area contributed by atoms with Crippen LogP contribution in [0.4, 0.5) is 0 Å². The van der Waals surface area contributed by atoms with Crippen molar-refractivity contribution in [2.24, 2.45) is 0 Å². The van der Waals surface area contributed by atoms with Gasteiger partial charge in [0.1, 0.15) is 6.61 Å². The summed E-state index contributed by atoms with van der Waals surface area (Å²) in [6, 6.07) is 4.95. The van der Waals surface area contributed by atoms with E-state index in [1.165, 1.54) is 13.2 Å². The quantitative estimate of drug-likeness (QED) is 0.443. The van der Waals surface area contributed by atoms with E-state index in [1.807, 2.05) is 0 Å².